The van der Waals surface area contributed by atoms with Crippen molar-refractivity contribution in [2.45, 2.75) is 25.4 Å². The van der Waals surface area contributed by atoms with Crippen molar-refractivity contribution in [2.75, 3.05) is 32.6 Å². The molecule has 3 N–H and O–H groups in total. The van der Waals surface area contributed by atoms with Crippen LogP contribution in [0.3, 0.4) is 0 Å². The molecule has 32 heavy (non-hydrogen) atoms. The maximum atomic E-state index is 8.82. The number of nitriles is 1. The van der Waals surface area contributed by atoms with Crippen LogP contribution in [0.25, 0.3) is 11.3 Å². The van der Waals surface area contributed by atoms with Gasteiger partial charge in [0.2, 0.25) is 0 Å². The Balaban J connectivity index is 0.00000289. The Bertz CT molecular complexity index is 1050. The van der Waals surface area contributed by atoms with Gasteiger partial charge in [-0.25, -0.2) is 9.97 Å². The number of H-pyrrole nitrogens is 1. The minimum absolute atomic E-state index is 0. The molecule has 0 radical (unpaired) electrons. The van der Waals surface area contributed by atoms with Crippen molar-refractivity contribution in [1.82, 2.24) is 30.4 Å². The summed E-state index contributed by atoms with van der Waals surface area (Å²) in [7, 11) is 3.85. The number of anilines is 2. The van der Waals surface area contributed by atoms with E-state index in [1.807, 2.05) is 18.2 Å². The number of halogens is 1. The molecule has 1 fully saturated rings. The van der Waals surface area contributed by atoms with Gasteiger partial charge in [0.15, 0.2) is 11.5 Å². The first-order chi connectivity index (χ1) is 15.1. The molecule has 1 aromatic carbocycles. The summed E-state index contributed by atoms with van der Waals surface area (Å²) in [5.41, 5.74) is 3.21. The Kier molecular flexibility index (Phi) is 8.00. The van der Waals surface area contributed by atoms with Gasteiger partial charge in [-0.3, -0.25) is 5.10 Å². The Morgan fingerprint density at radius 1 is 1.19 bits per heavy atom. The van der Waals surface area contributed by atoms with Crippen molar-refractivity contribution in [1.29, 1.82) is 5.26 Å². The van der Waals surface area contributed by atoms with Crippen LogP contribution >= 0.6 is 12.4 Å². The third-order valence-electron chi connectivity index (χ3n) is 5.47. The van der Waals surface area contributed by atoms with Crippen molar-refractivity contribution in [3.05, 3.63) is 47.9 Å². The maximum Gasteiger partial charge on any atom is 0.158 e. The molecule has 1 aliphatic rings. The number of hydrogen-bond donors (Lipinski definition) is 3. The van der Waals surface area contributed by atoms with Crippen LogP contribution < -0.4 is 15.4 Å². The monoisotopic (exact) mass is 454 g/mol. The van der Waals surface area contributed by atoms with Gasteiger partial charge in [0.1, 0.15) is 17.6 Å². The van der Waals surface area contributed by atoms with E-state index in [9.17, 15) is 0 Å². The molecular formula is C22H27ClN8O. The highest BCUT2D eigenvalue weighted by molar-refractivity contribution is 5.85. The first-order valence-corrected chi connectivity index (χ1v) is 10.3. The van der Waals surface area contributed by atoms with E-state index < -0.39 is 0 Å². The molecule has 0 bridgehead atoms. The quantitative estimate of drug-likeness (QED) is 0.499. The van der Waals surface area contributed by atoms with Crippen LogP contribution in [0.2, 0.25) is 0 Å². The molecule has 9 nitrogen and oxygen atoms in total. The van der Waals surface area contributed by atoms with Gasteiger partial charge in [-0.2, -0.15) is 10.4 Å². The number of ether oxygens (including phenoxy) is 1. The minimum Gasteiger partial charge on any atom is -0.496 e. The molecule has 10 heteroatoms. The van der Waals surface area contributed by atoms with Crippen LogP contribution in [0.4, 0.5) is 11.6 Å². The van der Waals surface area contributed by atoms with E-state index in [4.69, 9.17) is 10.00 Å². The smallest absolute Gasteiger partial charge is 0.158 e. The Hall–Kier alpha value is -3.19. The molecule has 2 aromatic heterocycles. The standard InChI is InChI=1S/C22H26N8O.ClH/c1-30-7-5-16(6-8-30)24-12-15-3-4-18(20(9-15)31-2)19-10-21(29-28-19)27-22-14-25-17(11-23)13-26-22;/h3-4,9-10,13-14,16,24H,5-8,12H2,1-2H3,(H2,26,27,28,29);1H. The molecule has 4 rings (SSSR count). The summed E-state index contributed by atoms with van der Waals surface area (Å²) in [6.45, 7) is 3.10. The number of nitrogens with one attached hydrogen (secondary N) is 3. The highest BCUT2D eigenvalue weighted by Crippen LogP contribution is 2.31. The van der Waals surface area contributed by atoms with Crippen LogP contribution in [-0.2, 0) is 6.54 Å². The Labute approximate surface area is 193 Å². The average Bonchev–Trinajstić information content (AvgIpc) is 3.27. The topological polar surface area (TPSA) is 115 Å². The second-order valence-electron chi connectivity index (χ2n) is 7.68. The summed E-state index contributed by atoms with van der Waals surface area (Å²) in [6.07, 6.45) is 5.27. The SMILES string of the molecule is COc1cc(CNC2CCN(C)CC2)ccc1-c1cc(Nc2cnc(C#N)cn2)n[nH]1.Cl. The van der Waals surface area contributed by atoms with E-state index >= 15 is 0 Å². The largest absolute Gasteiger partial charge is 0.496 e. The van der Waals surface area contributed by atoms with Crippen LogP contribution in [0, 0.1) is 11.3 Å². The lowest BCUT2D eigenvalue weighted by atomic mass is 10.0. The van der Waals surface area contributed by atoms with Gasteiger partial charge in [0.05, 0.1) is 25.2 Å². The van der Waals surface area contributed by atoms with E-state index in [1.165, 1.54) is 30.8 Å². The summed E-state index contributed by atoms with van der Waals surface area (Å²) in [6, 6.07) is 10.6. The predicted octanol–water partition coefficient (Wildman–Crippen LogP) is 3.10. The lowest BCUT2D eigenvalue weighted by Gasteiger charge is -2.29. The summed E-state index contributed by atoms with van der Waals surface area (Å²) < 4.78 is 5.64. The van der Waals surface area contributed by atoms with E-state index in [0.717, 1.165) is 36.6 Å². The lowest BCUT2D eigenvalue weighted by molar-refractivity contribution is 0.234. The Morgan fingerprint density at radius 2 is 2.00 bits per heavy atom. The fourth-order valence-electron chi connectivity index (χ4n) is 3.65. The zero-order chi connectivity index (χ0) is 21.6. The number of nitrogens with zero attached hydrogens (tertiary/aromatic N) is 5. The molecule has 1 saturated heterocycles. The fourth-order valence-corrected chi connectivity index (χ4v) is 3.65. The second-order valence-corrected chi connectivity index (χ2v) is 7.68. The van der Waals surface area contributed by atoms with E-state index in [0.29, 0.717) is 17.7 Å². The lowest BCUT2D eigenvalue weighted by Crippen LogP contribution is -2.40. The van der Waals surface area contributed by atoms with E-state index in [-0.39, 0.29) is 18.1 Å². The third kappa shape index (κ3) is 5.73. The number of likely N-dealkylation sites (tertiary alicyclic amines) is 1. The van der Waals surface area contributed by atoms with Gasteiger partial charge in [0, 0.05) is 24.2 Å². The van der Waals surface area contributed by atoms with Crippen LogP contribution in [0.1, 0.15) is 24.1 Å². The van der Waals surface area contributed by atoms with E-state index in [2.05, 4.69) is 54.9 Å². The summed E-state index contributed by atoms with van der Waals surface area (Å²) >= 11 is 0. The van der Waals surface area contributed by atoms with Gasteiger partial charge >= 0.3 is 0 Å². The molecule has 0 saturated carbocycles. The maximum absolute atomic E-state index is 8.82. The minimum atomic E-state index is 0. The molecular weight excluding hydrogens is 428 g/mol. The van der Waals surface area contributed by atoms with Crippen molar-refractivity contribution < 1.29 is 4.74 Å². The second kappa shape index (κ2) is 10.9. The van der Waals surface area contributed by atoms with Crippen molar-refractivity contribution in [2.24, 2.45) is 0 Å². The van der Waals surface area contributed by atoms with Gasteiger partial charge in [-0.05, 0) is 50.7 Å². The van der Waals surface area contributed by atoms with Gasteiger partial charge in [-0.15, -0.1) is 12.4 Å². The number of benzene rings is 1. The summed E-state index contributed by atoms with van der Waals surface area (Å²) in [4.78, 5) is 10.5. The predicted molar refractivity (Wildman–Crippen MR) is 125 cm³/mol. The molecule has 0 atom stereocenters. The molecule has 1 aliphatic heterocycles. The van der Waals surface area contributed by atoms with E-state index in [1.54, 1.807) is 7.11 Å². The average molecular weight is 455 g/mol. The first-order valence-electron chi connectivity index (χ1n) is 10.3. The number of rotatable bonds is 7. The van der Waals surface area contributed by atoms with Gasteiger partial charge < -0.3 is 20.3 Å². The molecule has 0 unspecified atom stereocenters. The fraction of sp³-hybridized carbons (Fsp3) is 0.364. The number of piperidine rings is 1. The molecule has 0 aliphatic carbocycles. The van der Waals surface area contributed by atoms with Gasteiger partial charge in [0.25, 0.3) is 0 Å². The number of aromatic nitrogens is 4. The van der Waals surface area contributed by atoms with Crippen LogP contribution in [-0.4, -0.2) is 58.4 Å². The molecule has 168 valence electrons. The highest BCUT2D eigenvalue weighted by Gasteiger charge is 2.16. The molecule has 3 aromatic rings. The number of hydrogen-bond acceptors (Lipinski definition) is 8. The zero-order valence-electron chi connectivity index (χ0n) is 18.1. The van der Waals surface area contributed by atoms with Gasteiger partial charge in [-0.1, -0.05) is 6.07 Å². The number of aromatic amines is 1. The van der Waals surface area contributed by atoms with Crippen LogP contribution in [0.15, 0.2) is 36.7 Å². The van der Waals surface area contributed by atoms with Crippen LogP contribution in [0.5, 0.6) is 5.75 Å². The van der Waals surface area contributed by atoms with Crippen molar-refractivity contribution >= 4 is 24.0 Å². The molecule has 0 spiro atoms. The normalized spacial score (nSPS) is 14.4. The molecule has 3 heterocycles. The summed E-state index contributed by atoms with van der Waals surface area (Å²) in [5.74, 6) is 1.90. The molecule has 0 amide bonds. The summed E-state index contributed by atoms with van der Waals surface area (Å²) in [5, 5.41) is 22.9. The number of methoxy groups -OCH3 is 1. The highest BCUT2D eigenvalue weighted by atomic mass is 35.5. The Morgan fingerprint density at radius 3 is 2.69 bits per heavy atom. The van der Waals surface area contributed by atoms with Crippen molar-refractivity contribution in [3.8, 4) is 23.1 Å². The van der Waals surface area contributed by atoms with Crippen molar-refractivity contribution in [3.63, 3.8) is 0 Å². The first kappa shape index (κ1) is 23.5. The third-order valence-corrected chi connectivity index (χ3v) is 5.47. The zero-order valence-corrected chi connectivity index (χ0v) is 18.9.